The average molecular weight is 270 g/mol. The van der Waals surface area contributed by atoms with Crippen molar-refractivity contribution in [3.63, 3.8) is 0 Å². The lowest BCUT2D eigenvalue weighted by Gasteiger charge is -1.94. The molecule has 0 fully saturated rings. The summed E-state index contributed by atoms with van der Waals surface area (Å²) in [5, 5.41) is 9.78. The summed E-state index contributed by atoms with van der Waals surface area (Å²) in [5.74, 6) is 0.0748. The molecular weight excluding hydrogens is 260 g/mol. The molecule has 0 spiro atoms. The Bertz CT molecular complexity index is 481. The molecule has 2 aromatic rings. The predicted octanol–water partition coefficient (Wildman–Crippen LogP) is 2.60. The number of thioether (sulfide) groups is 1. The fraction of sp³-hybridized carbons (Fsp3) is 0.300. The van der Waals surface area contributed by atoms with Crippen molar-refractivity contribution < 1.29 is 13.9 Å². The van der Waals surface area contributed by atoms with E-state index in [1.54, 1.807) is 18.3 Å². The van der Waals surface area contributed by atoms with Crippen molar-refractivity contribution in [1.82, 2.24) is 10.2 Å². The normalized spacial score (nSPS) is 10.4. The van der Waals surface area contributed by atoms with E-state index in [1.165, 1.54) is 16.6 Å². The fourth-order valence-electron chi connectivity index (χ4n) is 1.07. The summed E-state index contributed by atoms with van der Waals surface area (Å²) in [6.45, 7) is 2.01. The van der Waals surface area contributed by atoms with E-state index < -0.39 is 5.97 Å². The van der Waals surface area contributed by atoms with Gasteiger partial charge in [-0.25, -0.2) is 4.79 Å². The van der Waals surface area contributed by atoms with Gasteiger partial charge in [-0.2, -0.15) is 0 Å². The van der Waals surface area contributed by atoms with E-state index in [1.807, 2.05) is 17.5 Å². The van der Waals surface area contributed by atoms with Crippen molar-refractivity contribution in [2.24, 2.45) is 0 Å². The highest BCUT2D eigenvalue weighted by atomic mass is 32.2. The lowest BCUT2D eigenvalue weighted by molar-refractivity contribution is 0.0475. The number of hydrogen-bond donors (Lipinski definition) is 0. The standard InChI is InChI=1S/C10H10N2O3S2/c1-2-14-9(13)8-11-12-10(15-8)17-6-7-4-3-5-16-7/h3-5H,2,6H2,1H3. The second kappa shape index (κ2) is 5.83. The second-order valence-corrected chi connectivity index (χ2v) is 4.92. The molecule has 0 atom stereocenters. The van der Waals surface area contributed by atoms with E-state index in [2.05, 4.69) is 10.2 Å². The van der Waals surface area contributed by atoms with Crippen molar-refractivity contribution in [2.75, 3.05) is 6.61 Å². The molecule has 0 unspecified atom stereocenters. The molecular formula is C10H10N2O3S2. The van der Waals surface area contributed by atoms with Crippen LogP contribution in [0.3, 0.4) is 0 Å². The summed E-state index contributed by atoms with van der Waals surface area (Å²) in [5.41, 5.74) is 0. The molecule has 90 valence electrons. The van der Waals surface area contributed by atoms with Gasteiger partial charge in [0.1, 0.15) is 0 Å². The Kier molecular flexibility index (Phi) is 4.16. The second-order valence-electron chi connectivity index (χ2n) is 2.96. The van der Waals surface area contributed by atoms with Crippen molar-refractivity contribution in [3.8, 4) is 0 Å². The Morgan fingerprint density at radius 1 is 1.59 bits per heavy atom. The zero-order valence-corrected chi connectivity index (χ0v) is 10.7. The smallest absolute Gasteiger partial charge is 0.396 e. The molecule has 0 saturated carbocycles. The maximum atomic E-state index is 11.3. The first-order valence-electron chi connectivity index (χ1n) is 4.95. The van der Waals surface area contributed by atoms with E-state index >= 15 is 0 Å². The third kappa shape index (κ3) is 3.31. The summed E-state index contributed by atoms with van der Waals surface area (Å²) in [6.07, 6.45) is 0. The molecule has 0 saturated heterocycles. The topological polar surface area (TPSA) is 65.2 Å². The maximum Gasteiger partial charge on any atom is 0.396 e. The number of nitrogens with zero attached hydrogens (tertiary/aromatic N) is 2. The number of ether oxygens (including phenoxy) is 1. The monoisotopic (exact) mass is 270 g/mol. The van der Waals surface area contributed by atoms with E-state index in [-0.39, 0.29) is 5.89 Å². The summed E-state index contributed by atoms with van der Waals surface area (Å²) in [4.78, 5) is 12.5. The molecule has 17 heavy (non-hydrogen) atoms. The van der Waals surface area contributed by atoms with Gasteiger partial charge >= 0.3 is 11.9 Å². The summed E-state index contributed by atoms with van der Waals surface area (Å²) in [6, 6.07) is 4.01. The first-order chi connectivity index (χ1) is 8.29. The molecule has 0 N–H and O–H groups in total. The van der Waals surface area contributed by atoms with Gasteiger partial charge in [-0.15, -0.1) is 16.4 Å². The molecule has 2 rings (SSSR count). The van der Waals surface area contributed by atoms with E-state index in [0.717, 1.165) is 5.75 Å². The van der Waals surface area contributed by atoms with Gasteiger partial charge in [-0.3, -0.25) is 0 Å². The number of carbonyl (C=O) groups is 1. The van der Waals surface area contributed by atoms with E-state index in [0.29, 0.717) is 11.8 Å². The van der Waals surface area contributed by atoms with Gasteiger partial charge in [0, 0.05) is 10.6 Å². The highest BCUT2D eigenvalue weighted by molar-refractivity contribution is 7.98. The van der Waals surface area contributed by atoms with Crippen molar-refractivity contribution in [1.29, 1.82) is 0 Å². The Labute approximate surface area is 106 Å². The largest absolute Gasteiger partial charge is 0.459 e. The van der Waals surface area contributed by atoms with Crippen LogP contribution in [0.15, 0.2) is 27.2 Å². The first-order valence-corrected chi connectivity index (χ1v) is 6.82. The molecule has 5 nitrogen and oxygen atoms in total. The molecule has 2 aromatic heterocycles. The lowest BCUT2D eigenvalue weighted by Crippen LogP contribution is -2.04. The summed E-state index contributed by atoms with van der Waals surface area (Å²) >= 11 is 3.06. The minimum atomic E-state index is -0.581. The van der Waals surface area contributed by atoms with Crippen molar-refractivity contribution >= 4 is 29.1 Å². The lowest BCUT2D eigenvalue weighted by atomic mass is 10.5. The van der Waals surface area contributed by atoms with Gasteiger partial charge in [-0.1, -0.05) is 22.9 Å². The maximum absolute atomic E-state index is 11.3. The first kappa shape index (κ1) is 12.1. The highest BCUT2D eigenvalue weighted by Gasteiger charge is 2.15. The Hall–Kier alpha value is -1.34. The SMILES string of the molecule is CCOC(=O)c1nnc(SCc2cccs2)o1. The van der Waals surface area contributed by atoms with E-state index in [4.69, 9.17) is 9.15 Å². The molecule has 0 amide bonds. The van der Waals surface area contributed by atoms with Gasteiger partial charge in [0.15, 0.2) is 0 Å². The molecule has 2 heterocycles. The van der Waals surface area contributed by atoms with Crippen LogP contribution in [0.1, 0.15) is 22.5 Å². The summed E-state index contributed by atoms with van der Waals surface area (Å²) in [7, 11) is 0. The van der Waals surface area contributed by atoms with Gasteiger partial charge in [-0.05, 0) is 18.4 Å². The average Bonchev–Trinajstić information content (AvgIpc) is 2.98. The minimum Gasteiger partial charge on any atom is -0.459 e. The Balaban J connectivity index is 1.92. The van der Waals surface area contributed by atoms with Crippen molar-refractivity contribution in [3.05, 3.63) is 28.3 Å². The van der Waals surface area contributed by atoms with Crippen LogP contribution in [0.2, 0.25) is 0 Å². The van der Waals surface area contributed by atoms with Gasteiger partial charge < -0.3 is 9.15 Å². The number of rotatable bonds is 5. The third-order valence-electron chi connectivity index (χ3n) is 1.77. The van der Waals surface area contributed by atoms with Crippen LogP contribution >= 0.6 is 23.1 Å². The zero-order chi connectivity index (χ0) is 12.1. The minimum absolute atomic E-state index is 0.0967. The Morgan fingerprint density at radius 2 is 2.47 bits per heavy atom. The molecule has 0 aromatic carbocycles. The van der Waals surface area contributed by atoms with Crippen LogP contribution in [0, 0.1) is 0 Å². The van der Waals surface area contributed by atoms with Crippen LogP contribution in [-0.2, 0) is 10.5 Å². The summed E-state index contributed by atoms with van der Waals surface area (Å²) < 4.78 is 9.92. The molecule has 0 bridgehead atoms. The molecule has 7 heteroatoms. The van der Waals surface area contributed by atoms with Crippen LogP contribution in [0.25, 0.3) is 0 Å². The number of carbonyl (C=O) groups excluding carboxylic acids is 1. The van der Waals surface area contributed by atoms with Crippen LogP contribution in [0.4, 0.5) is 0 Å². The Morgan fingerprint density at radius 3 is 3.18 bits per heavy atom. The van der Waals surface area contributed by atoms with Crippen LogP contribution in [-0.4, -0.2) is 22.8 Å². The number of aromatic nitrogens is 2. The number of esters is 1. The predicted molar refractivity (Wildman–Crippen MR) is 64.1 cm³/mol. The van der Waals surface area contributed by atoms with Gasteiger partial charge in [0.25, 0.3) is 5.22 Å². The molecule has 0 aliphatic carbocycles. The van der Waals surface area contributed by atoms with Crippen LogP contribution in [0.5, 0.6) is 0 Å². The highest BCUT2D eigenvalue weighted by Crippen LogP contribution is 2.23. The van der Waals surface area contributed by atoms with Gasteiger partial charge in [0.2, 0.25) is 0 Å². The van der Waals surface area contributed by atoms with Crippen molar-refractivity contribution in [2.45, 2.75) is 17.9 Å². The number of thiophene rings is 1. The zero-order valence-electron chi connectivity index (χ0n) is 9.08. The van der Waals surface area contributed by atoms with Crippen LogP contribution < -0.4 is 0 Å². The fourth-order valence-corrected chi connectivity index (χ4v) is 2.61. The number of hydrogen-bond acceptors (Lipinski definition) is 7. The quantitative estimate of drug-likeness (QED) is 0.614. The van der Waals surface area contributed by atoms with E-state index in [9.17, 15) is 4.79 Å². The van der Waals surface area contributed by atoms with Gasteiger partial charge in [0.05, 0.1) is 6.61 Å². The molecule has 0 radical (unpaired) electrons. The molecule has 0 aliphatic heterocycles. The third-order valence-corrected chi connectivity index (χ3v) is 3.70. The molecule has 0 aliphatic rings.